The lowest BCUT2D eigenvalue weighted by Gasteiger charge is -2.10. The van der Waals surface area contributed by atoms with E-state index in [1.807, 2.05) is 0 Å². The van der Waals surface area contributed by atoms with Crippen LogP contribution in [0, 0.1) is 0 Å². The summed E-state index contributed by atoms with van der Waals surface area (Å²) < 4.78 is 0. The number of aliphatic hydroxyl groups is 2. The topological polar surface area (TPSA) is 40.5 Å². The lowest BCUT2D eigenvalue weighted by Crippen LogP contribution is -2.11. The molecule has 2 nitrogen and oxygen atoms in total. The summed E-state index contributed by atoms with van der Waals surface area (Å²) in [6, 6.07) is 0. The minimum Gasteiger partial charge on any atom is -0.392 e. The van der Waals surface area contributed by atoms with Crippen molar-refractivity contribution in [2.75, 3.05) is 6.61 Å². The third kappa shape index (κ3) is 5.33. The van der Waals surface area contributed by atoms with Gasteiger partial charge in [0.2, 0.25) is 0 Å². The normalized spacial score (nSPS) is 12.9. The van der Waals surface area contributed by atoms with Gasteiger partial charge in [0.25, 0.3) is 0 Å². The minimum absolute atomic E-state index is 0.102. The first-order valence-electron chi connectivity index (χ1n) is 4.69. The molecule has 2 N–H and O–H groups in total. The third-order valence-electron chi connectivity index (χ3n) is 2.01. The number of hydrogen-bond donors (Lipinski definition) is 2. The van der Waals surface area contributed by atoms with Crippen LogP contribution < -0.4 is 0 Å². The average molecular weight is 172 g/mol. The second-order valence-electron chi connectivity index (χ2n) is 3.18. The van der Waals surface area contributed by atoms with Crippen LogP contribution in [-0.2, 0) is 0 Å². The van der Waals surface area contributed by atoms with Crippen molar-refractivity contribution in [3.8, 4) is 0 Å². The molecule has 12 heavy (non-hydrogen) atoms. The fourth-order valence-electron chi connectivity index (χ4n) is 1.07. The number of rotatable bonds is 7. The van der Waals surface area contributed by atoms with Gasteiger partial charge in [0.15, 0.2) is 0 Å². The van der Waals surface area contributed by atoms with Crippen LogP contribution in [0.1, 0.15) is 39.0 Å². The molecule has 2 heteroatoms. The Labute approximate surface area is 74.9 Å². The van der Waals surface area contributed by atoms with Crippen LogP contribution in [0.25, 0.3) is 0 Å². The minimum atomic E-state index is -0.508. The highest BCUT2D eigenvalue weighted by atomic mass is 16.3. The molecule has 0 bridgehead atoms. The fraction of sp³-hybridized carbons (Fsp3) is 0.800. The maximum absolute atomic E-state index is 9.36. The molecule has 0 aromatic heterocycles. The molecule has 0 fully saturated rings. The fourth-order valence-corrected chi connectivity index (χ4v) is 1.07. The largest absolute Gasteiger partial charge is 0.392 e. The Balaban J connectivity index is 3.31. The van der Waals surface area contributed by atoms with Crippen LogP contribution in [0.15, 0.2) is 12.2 Å². The third-order valence-corrected chi connectivity index (χ3v) is 2.01. The predicted octanol–water partition coefficient (Wildman–Crippen LogP) is 1.87. The monoisotopic (exact) mass is 172 g/mol. The van der Waals surface area contributed by atoms with Crippen molar-refractivity contribution in [1.82, 2.24) is 0 Å². The van der Waals surface area contributed by atoms with Gasteiger partial charge in [-0.2, -0.15) is 0 Å². The molecule has 0 saturated carbocycles. The van der Waals surface area contributed by atoms with E-state index in [1.165, 1.54) is 12.8 Å². The number of hydrogen-bond acceptors (Lipinski definition) is 2. The van der Waals surface area contributed by atoms with Crippen molar-refractivity contribution in [2.45, 2.75) is 45.1 Å². The molecule has 1 unspecified atom stereocenters. The van der Waals surface area contributed by atoms with Gasteiger partial charge in [-0.25, -0.2) is 0 Å². The van der Waals surface area contributed by atoms with Crippen molar-refractivity contribution in [3.05, 3.63) is 12.2 Å². The second kappa shape index (κ2) is 7.32. The van der Waals surface area contributed by atoms with Gasteiger partial charge in [-0.3, -0.25) is 0 Å². The molecular weight excluding hydrogens is 152 g/mol. The van der Waals surface area contributed by atoms with Crippen molar-refractivity contribution in [2.24, 2.45) is 0 Å². The van der Waals surface area contributed by atoms with Crippen LogP contribution in [0.5, 0.6) is 0 Å². The van der Waals surface area contributed by atoms with E-state index in [4.69, 9.17) is 5.11 Å². The molecule has 0 heterocycles. The van der Waals surface area contributed by atoms with Gasteiger partial charge in [-0.1, -0.05) is 39.2 Å². The standard InChI is InChI=1S/C10H20O2/c1-3-4-5-6-7-10(12)9(2)8-11/h10-12H,2-8H2,1H3. The molecule has 0 spiro atoms. The lowest BCUT2D eigenvalue weighted by atomic mass is 10.0. The molecule has 72 valence electrons. The average Bonchev–Trinajstić information content (AvgIpc) is 2.10. The van der Waals surface area contributed by atoms with Crippen LogP contribution in [0.3, 0.4) is 0 Å². The van der Waals surface area contributed by atoms with Crippen LogP contribution in [0.4, 0.5) is 0 Å². The summed E-state index contributed by atoms with van der Waals surface area (Å²) in [6.07, 6.45) is 4.83. The summed E-state index contributed by atoms with van der Waals surface area (Å²) in [7, 11) is 0. The maximum Gasteiger partial charge on any atom is 0.0769 e. The summed E-state index contributed by atoms with van der Waals surface area (Å²) in [5, 5.41) is 18.0. The van der Waals surface area contributed by atoms with Crippen molar-refractivity contribution in [3.63, 3.8) is 0 Å². The molecule has 0 aliphatic heterocycles. The molecule has 0 aromatic rings. The molecule has 0 rings (SSSR count). The van der Waals surface area contributed by atoms with Gasteiger partial charge >= 0.3 is 0 Å². The Morgan fingerprint density at radius 2 is 2.00 bits per heavy atom. The number of unbranched alkanes of at least 4 members (excludes halogenated alkanes) is 3. The molecule has 0 aliphatic carbocycles. The first kappa shape index (κ1) is 11.7. The molecule has 0 amide bonds. The Kier molecular flexibility index (Phi) is 7.11. The number of aliphatic hydroxyl groups excluding tert-OH is 2. The zero-order valence-electron chi connectivity index (χ0n) is 7.92. The van der Waals surface area contributed by atoms with E-state index in [0.29, 0.717) is 5.57 Å². The van der Waals surface area contributed by atoms with Gasteiger partial charge in [-0.05, 0) is 12.0 Å². The summed E-state index contributed by atoms with van der Waals surface area (Å²) >= 11 is 0. The van der Waals surface area contributed by atoms with Crippen LogP contribution >= 0.6 is 0 Å². The SMILES string of the molecule is C=C(CO)C(O)CCCCCC. The molecule has 0 saturated heterocycles. The summed E-state index contributed by atoms with van der Waals surface area (Å²) in [5.41, 5.74) is 0.534. The molecule has 0 radical (unpaired) electrons. The van der Waals surface area contributed by atoms with E-state index < -0.39 is 6.10 Å². The van der Waals surface area contributed by atoms with E-state index in [-0.39, 0.29) is 6.61 Å². The van der Waals surface area contributed by atoms with Gasteiger partial charge in [0.1, 0.15) is 0 Å². The van der Waals surface area contributed by atoms with Gasteiger partial charge in [0, 0.05) is 0 Å². The van der Waals surface area contributed by atoms with Crippen molar-refractivity contribution >= 4 is 0 Å². The summed E-state index contributed by atoms with van der Waals surface area (Å²) in [6.45, 7) is 5.63. The first-order valence-corrected chi connectivity index (χ1v) is 4.69. The highest BCUT2D eigenvalue weighted by Gasteiger charge is 2.06. The van der Waals surface area contributed by atoms with E-state index in [0.717, 1.165) is 19.3 Å². The highest BCUT2D eigenvalue weighted by Crippen LogP contribution is 2.09. The molecule has 0 aliphatic rings. The van der Waals surface area contributed by atoms with Crippen LogP contribution in [-0.4, -0.2) is 22.9 Å². The van der Waals surface area contributed by atoms with Crippen LogP contribution in [0.2, 0.25) is 0 Å². The zero-order chi connectivity index (χ0) is 9.40. The van der Waals surface area contributed by atoms with Crippen molar-refractivity contribution < 1.29 is 10.2 Å². The van der Waals surface area contributed by atoms with E-state index in [2.05, 4.69) is 13.5 Å². The van der Waals surface area contributed by atoms with E-state index in [1.54, 1.807) is 0 Å². The molecular formula is C10H20O2. The zero-order valence-corrected chi connectivity index (χ0v) is 7.92. The Morgan fingerprint density at radius 3 is 2.50 bits per heavy atom. The van der Waals surface area contributed by atoms with Gasteiger partial charge in [0.05, 0.1) is 12.7 Å². The summed E-state index contributed by atoms with van der Waals surface area (Å²) in [4.78, 5) is 0. The molecule has 0 aromatic carbocycles. The van der Waals surface area contributed by atoms with E-state index in [9.17, 15) is 5.11 Å². The quantitative estimate of drug-likeness (QED) is 0.454. The second-order valence-corrected chi connectivity index (χ2v) is 3.18. The van der Waals surface area contributed by atoms with E-state index >= 15 is 0 Å². The predicted molar refractivity (Wildman–Crippen MR) is 51.0 cm³/mol. The van der Waals surface area contributed by atoms with Gasteiger partial charge < -0.3 is 10.2 Å². The Morgan fingerprint density at radius 1 is 1.33 bits per heavy atom. The summed E-state index contributed by atoms with van der Waals surface area (Å²) in [5.74, 6) is 0. The van der Waals surface area contributed by atoms with Gasteiger partial charge in [-0.15, -0.1) is 0 Å². The van der Waals surface area contributed by atoms with Crippen molar-refractivity contribution in [1.29, 1.82) is 0 Å². The Hall–Kier alpha value is -0.340. The molecule has 1 atom stereocenters. The lowest BCUT2D eigenvalue weighted by molar-refractivity contribution is 0.175. The highest BCUT2D eigenvalue weighted by molar-refractivity contribution is 5.00. The maximum atomic E-state index is 9.36. The Bertz CT molecular complexity index is 121. The smallest absolute Gasteiger partial charge is 0.0769 e. The first-order chi connectivity index (χ1) is 5.72.